The predicted octanol–water partition coefficient (Wildman–Crippen LogP) is 4.55. The number of fused-ring (bicyclic) bond motifs is 1. The number of benzene rings is 2. The standard InChI is InChI=1S/C15H12Cl2FNO/c16-10-4-5-14-9(6-10)7-11(20-14)8-19-13-3-1-2-12(17)15(13)18/h1-6,11,19H,7-8H2. The summed E-state index contributed by atoms with van der Waals surface area (Å²) in [5.74, 6) is 0.403. The largest absolute Gasteiger partial charge is 0.488 e. The van der Waals surface area contributed by atoms with E-state index in [4.69, 9.17) is 27.9 Å². The molecule has 0 spiro atoms. The van der Waals surface area contributed by atoms with Gasteiger partial charge in [-0.1, -0.05) is 29.3 Å². The van der Waals surface area contributed by atoms with Gasteiger partial charge < -0.3 is 10.1 Å². The van der Waals surface area contributed by atoms with Crippen LogP contribution >= 0.6 is 23.2 Å². The Bertz CT molecular complexity index is 648. The fourth-order valence-corrected chi connectivity index (χ4v) is 2.64. The van der Waals surface area contributed by atoms with Crippen LogP contribution in [0.3, 0.4) is 0 Å². The summed E-state index contributed by atoms with van der Waals surface area (Å²) in [5.41, 5.74) is 1.46. The number of hydrogen-bond acceptors (Lipinski definition) is 2. The Morgan fingerprint density at radius 2 is 2.10 bits per heavy atom. The second kappa shape index (κ2) is 5.51. The Morgan fingerprint density at radius 1 is 1.25 bits per heavy atom. The van der Waals surface area contributed by atoms with Crippen molar-refractivity contribution in [2.45, 2.75) is 12.5 Å². The molecule has 20 heavy (non-hydrogen) atoms. The fourth-order valence-electron chi connectivity index (χ4n) is 2.27. The van der Waals surface area contributed by atoms with Crippen LogP contribution in [0.25, 0.3) is 0 Å². The van der Waals surface area contributed by atoms with Crippen LogP contribution < -0.4 is 10.1 Å². The number of halogens is 3. The van der Waals surface area contributed by atoms with Gasteiger partial charge in [-0.25, -0.2) is 4.39 Å². The van der Waals surface area contributed by atoms with Gasteiger partial charge in [0.05, 0.1) is 17.3 Å². The van der Waals surface area contributed by atoms with Crippen molar-refractivity contribution in [2.75, 3.05) is 11.9 Å². The third-order valence-electron chi connectivity index (χ3n) is 3.24. The maximum Gasteiger partial charge on any atom is 0.164 e. The zero-order valence-electron chi connectivity index (χ0n) is 10.5. The van der Waals surface area contributed by atoms with Gasteiger partial charge in [-0.3, -0.25) is 0 Å². The lowest BCUT2D eigenvalue weighted by Gasteiger charge is -2.13. The summed E-state index contributed by atoms with van der Waals surface area (Å²) >= 11 is 11.7. The summed E-state index contributed by atoms with van der Waals surface area (Å²) in [6.07, 6.45) is 0.715. The molecule has 5 heteroatoms. The number of rotatable bonds is 3. The van der Waals surface area contributed by atoms with Gasteiger partial charge in [0, 0.05) is 11.4 Å². The molecule has 1 N–H and O–H groups in total. The van der Waals surface area contributed by atoms with E-state index in [-0.39, 0.29) is 11.1 Å². The maximum atomic E-state index is 13.7. The Hall–Kier alpha value is -1.45. The lowest BCUT2D eigenvalue weighted by molar-refractivity contribution is 0.246. The van der Waals surface area contributed by atoms with Crippen molar-refractivity contribution in [3.63, 3.8) is 0 Å². The fraction of sp³-hybridized carbons (Fsp3) is 0.200. The van der Waals surface area contributed by atoms with Crippen LogP contribution in [0.2, 0.25) is 10.0 Å². The summed E-state index contributed by atoms with van der Waals surface area (Å²) in [5, 5.41) is 3.83. The second-order valence-electron chi connectivity index (χ2n) is 4.68. The molecule has 0 saturated heterocycles. The van der Waals surface area contributed by atoms with Gasteiger partial charge in [-0.2, -0.15) is 0 Å². The third kappa shape index (κ3) is 2.69. The molecule has 2 aromatic carbocycles. The topological polar surface area (TPSA) is 21.3 Å². The van der Waals surface area contributed by atoms with Crippen LogP contribution in [0.4, 0.5) is 10.1 Å². The van der Waals surface area contributed by atoms with E-state index in [2.05, 4.69) is 5.32 Å². The van der Waals surface area contributed by atoms with E-state index < -0.39 is 5.82 Å². The molecule has 0 radical (unpaired) electrons. The first-order valence-corrected chi connectivity index (χ1v) is 7.02. The van der Waals surface area contributed by atoms with Gasteiger partial charge in [0.15, 0.2) is 5.82 Å². The molecule has 0 aliphatic carbocycles. The molecule has 0 amide bonds. The van der Waals surface area contributed by atoms with Gasteiger partial charge >= 0.3 is 0 Å². The zero-order chi connectivity index (χ0) is 14.1. The van der Waals surface area contributed by atoms with Crippen LogP contribution in [0, 0.1) is 5.82 Å². The molecule has 1 aliphatic heterocycles. The Kier molecular flexibility index (Phi) is 3.72. The van der Waals surface area contributed by atoms with Crippen molar-refractivity contribution in [3.8, 4) is 5.75 Å². The van der Waals surface area contributed by atoms with Crippen LogP contribution in [-0.4, -0.2) is 12.6 Å². The highest BCUT2D eigenvalue weighted by molar-refractivity contribution is 6.31. The third-order valence-corrected chi connectivity index (χ3v) is 3.76. The van der Waals surface area contributed by atoms with Crippen LogP contribution in [-0.2, 0) is 6.42 Å². The Morgan fingerprint density at radius 3 is 2.95 bits per heavy atom. The van der Waals surface area contributed by atoms with Crippen molar-refractivity contribution >= 4 is 28.9 Å². The monoisotopic (exact) mass is 311 g/mol. The highest BCUT2D eigenvalue weighted by Crippen LogP contribution is 2.31. The quantitative estimate of drug-likeness (QED) is 0.898. The van der Waals surface area contributed by atoms with Crippen molar-refractivity contribution in [1.82, 2.24) is 0 Å². The average molecular weight is 312 g/mol. The van der Waals surface area contributed by atoms with Crippen molar-refractivity contribution in [1.29, 1.82) is 0 Å². The molecule has 1 unspecified atom stereocenters. The summed E-state index contributed by atoms with van der Waals surface area (Å²) in [7, 11) is 0. The molecule has 0 fully saturated rings. The number of hydrogen-bond donors (Lipinski definition) is 1. The van der Waals surface area contributed by atoms with Gasteiger partial charge in [-0.05, 0) is 35.9 Å². The van der Waals surface area contributed by atoms with Gasteiger partial charge in [0.2, 0.25) is 0 Å². The Balaban J connectivity index is 1.65. The van der Waals surface area contributed by atoms with E-state index in [0.29, 0.717) is 17.3 Å². The minimum Gasteiger partial charge on any atom is -0.488 e. The smallest absolute Gasteiger partial charge is 0.164 e. The molecular formula is C15H12Cl2FNO. The SMILES string of the molecule is Fc1c(Cl)cccc1NCC1Cc2cc(Cl)ccc2O1. The van der Waals surface area contributed by atoms with Gasteiger partial charge in [0.1, 0.15) is 11.9 Å². The average Bonchev–Trinajstić information content (AvgIpc) is 2.82. The first-order chi connectivity index (χ1) is 9.63. The minimum absolute atomic E-state index is 0.0400. The van der Waals surface area contributed by atoms with Crippen molar-refractivity contribution < 1.29 is 9.13 Å². The van der Waals surface area contributed by atoms with Crippen molar-refractivity contribution in [2.24, 2.45) is 0 Å². The highest BCUT2D eigenvalue weighted by atomic mass is 35.5. The van der Waals surface area contributed by atoms with E-state index in [1.54, 1.807) is 18.2 Å². The van der Waals surface area contributed by atoms with Crippen molar-refractivity contribution in [3.05, 3.63) is 57.8 Å². The van der Waals surface area contributed by atoms with E-state index in [9.17, 15) is 4.39 Å². The molecule has 2 aromatic rings. The number of ether oxygens (including phenoxy) is 1. The molecule has 104 valence electrons. The molecule has 0 aromatic heterocycles. The number of anilines is 1. The maximum absolute atomic E-state index is 13.7. The van der Waals surface area contributed by atoms with E-state index >= 15 is 0 Å². The molecule has 1 heterocycles. The first-order valence-electron chi connectivity index (χ1n) is 6.26. The summed E-state index contributed by atoms with van der Waals surface area (Å²) in [6.45, 7) is 0.504. The highest BCUT2D eigenvalue weighted by Gasteiger charge is 2.23. The summed E-state index contributed by atoms with van der Waals surface area (Å²) in [6, 6.07) is 10.4. The first kappa shape index (κ1) is 13.5. The number of nitrogens with one attached hydrogen (secondary N) is 1. The molecule has 2 nitrogen and oxygen atoms in total. The summed E-state index contributed by atoms with van der Waals surface area (Å²) < 4.78 is 19.5. The molecule has 1 atom stereocenters. The second-order valence-corrected chi connectivity index (χ2v) is 5.52. The van der Waals surface area contributed by atoms with Crippen LogP contribution in [0.1, 0.15) is 5.56 Å². The normalized spacial score (nSPS) is 16.6. The molecule has 0 saturated carbocycles. The van der Waals surface area contributed by atoms with Gasteiger partial charge in [-0.15, -0.1) is 0 Å². The molecule has 0 bridgehead atoms. The van der Waals surface area contributed by atoms with E-state index in [1.165, 1.54) is 6.07 Å². The predicted molar refractivity (Wildman–Crippen MR) is 79.5 cm³/mol. The van der Waals surface area contributed by atoms with Crippen LogP contribution in [0.15, 0.2) is 36.4 Å². The van der Waals surface area contributed by atoms with Crippen LogP contribution in [0.5, 0.6) is 5.75 Å². The Labute approximate surface area is 126 Å². The molecular weight excluding hydrogens is 300 g/mol. The lowest BCUT2D eigenvalue weighted by Crippen LogP contribution is -2.24. The van der Waals surface area contributed by atoms with Gasteiger partial charge in [0.25, 0.3) is 0 Å². The van der Waals surface area contributed by atoms with E-state index in [0.717, 1.165) is 17.7 Å². The summed E-state index contributed by atoms with van der Waals surface area (Å²) in [4.78, 5) is 0. The zero-order valence-corrected chi connectivity index (χ0v) is 12.0. The molecule has 1 aliphatic rings. The minimum atomic E-state index is -0.437. The lowest BCUT2D eigenvalue weighted by atomic mass is 10.1. The molecule has 3 rings (SSSR count). The van der Waals surface area contributed by atoms with E-state index in [1.807, 2.05) is 12.1 Å².